The Bertz CT molecular complexity index is 339. The van der Waals surface area contributed by atoms with Crippen molar-refractivity contribution < 1.29 is 19.1 Å². The van der Waals surface area contributed by atoms with Crippen molar-refractivity contribution in [2.45, 2.75) is 111 Å². The highest BCUT2D eigenvalue weighted by Crippen LogP contribution is 2.26. The fourth-order valence-corrected chi connectivity index (χ4v) is 3.03. The minimum Gasteiger partial charge on any atom is -0.468 e. The van der Waals surface area contributed by atoms with E-state index in [4.69, 9.17) is 4.74 Å². The molecule has 0 atom stereocenters. The van der Waals surface area contributed by atoms with Crippen LogP contribution in [0.4, 0.5) is 0 Å². The summed E-state index contributed by atoms with van der Waals surface area (Å²) in [6.07, 6.45) is 16.2. The quantitative estimate of drug-likeness (QED) is 0.154. The van der Waals surface area contributed by atoms with Crippen molar-refractivity contribution in [3.63, 3.8) is 0 Å². The van der Waals surface area contributed by atoms with Crippen LogP contribution in [0.5, 0.6) is 0 Å². The number of unbranched alkanes of at least 4 members (excludes halogenated alkanes) is 11. The summed E-state index contributed by atoms with van der Waals surface area (Å²) in [6.45, 7) is 7.74. The van der Waals surface area contributed by atoms with Gasteiger partial charge in [0.2, 0.25) is 0 Å². The maximum atomic E-state index is 12.2. The van der Waals surface area contributed by atoms with Crippen LogP contribution >= 0.6 is 0 Å². The summed E-state index contributed by atoms with van der Waals surface area (Å²) in [5, 5.41) is 0. The second kappa shape index (κ2) is 17.4. The van der Waals surface area contributed by atoms with Crippen molar-refractivity contribution in [1.29, 1.82) is 0 Å². The second-order valence-electron chi connectivity index (χ2n) is 7.98. The monoisotopic (exact) mass is 370 g/mol. The van der Waals surface area contributed by atoms with Gasteiger partial charge in [-0.3, -0.25) is 9.59 Å². The van der Waals surface area contributed by atoms with Gasteiger partial charge in [0, 0.05) is 0 Å². The van der Waals surface area contributed by atoms with Gasteiger partial charge in [0.1, 0.15) is 0 Å². The summed E-state index contributed by atoms with van der Waals surface area (Å²) in [4.78, 5) is 22.3. The standard InChI is InChI=1S/C22H42O4/c1-4-5-6-7-8-9-10-12-16-19-26-21(24)22(2,3)17-14-11-13-15-18-25-20-23/h20H,4-19H2,1-3H3. The Hall–Kier alpha value is -1.06. The SMILES string of the molecule is CCCCCCCCCCCOC(=O)C(C)(C)CCCCCCOC=O. The number of rotatable bonds is 19. The van der Waals surface area contributed by atoms with E-state index in [0.717, 1.165) is 44.9 Å². The first-order valence-corrected chi connectivity index (χ1v) is 10.8. The van der Waals surface area contributed by atoms with Crippen molar-refractivity contribution in [2.75, 3.05) is 13.2 Å². The van der Waals surface area contributed by atoms with Crippen molar-refractivity contribution in [3.05, 3.63) is 0 Å². The molecule has 0 aliphatic rings. The topological polar surface area (TPSA) is 52.6 Å². The van der Waals surface area contributed by atoms with E-state index >= 15 is 0 Å². The summed E-state index contributed by atoms with van der Waals surface area (Å²) >= 11 is 0. The number of esters is 1. The highest BCUT2D eigenvalue weighted by Gasteiger charge is 2.28. The zero-order chi connectivity index (χ0) is 19.5. The van der Waals surface area contributed by atoms with E-state index in [1.54, 1.807) is 0 Å². The molecule has 0 N–H and O–H groups in total. The van der Waals surface area contributed by atoms with E-state index in [1.807, 2.05) is 13.8 Å². The number of hydrogen-bond acceptors (Lipinski definition) is 4. The Morgan fingerprint density at radius 2 is 1.27 bits per heavy atom. The molecule has 0 aromatic rings. The third-order valence-electron chi connectivity index (χ3n) is 4.92. The Balaban J connectivity index is 3.54. The van der Waals surface area contributed by atoms with Gasteiger partial charge in [-0.05, 0) is 33.1 Å². The summed E-state index contributed by atoms with van der Waals surface area (Å²) < 4.78 is 10.1. The van der Waals surface area contributed by atoms with Crippen LogP contribution in [0.2, 0.25) is 0 Å². The number of hydrogen-bond donors (Lipinski definition) is 0. The van der Waals surface area contributed by atoms with E-state index in [0.29, 0.717) is 19.7 Å². The molecule has 0 spiro atoms. The minimum absolute atomic E-state index is 0.0682. The molecule has 4 nitrogen and oxygen atoms in total. The average Bonchev–Trinajstić information content (AvgIpc) is 2.62. The van der Waals surface area contributed by atoms with Crippen LogP contribution in [0.1, 0.15) is 111 Å². The number of carbonyl (C=O) groups is 2. The van der Waals surface area contributed by atoms with Gasteiger partial charge in [0.15, 0.2) is 0 Å². The highest BCUT2D eigenvalue weighted by molar-refractivity contribution is 5.75. The summed E-state index contributed by atoms with van der Waals surface area (Å²) in [7, 11) is 0. The molecule has 0 rings (SSSR count). The molecule has 0 saturated carbocycles. The van der Waals surface area contributed by atoms with E-state index in [1.165, 1.54) is 44.9 Å². The molecular formula is C22H42O4. The van der Waals surface area contributed by atoms with Crippen LogP contribution in [0, 0.1) is 5.41 Å². The second-order valence-corrected chi connectivity index (χ2v) is 7.98. The average molecular weight is 371 g/mol. The molecule has 0 amide bonds. The third-order valence-corrected chi connectivity index (χ3v) is 4.92. The molecular weight excluding hydrogens is 328 g/mol. The normalized spacial score (nSPS) is 11.3. The lowest BCUT2D eigenvalue weighted by molar-refractivity contribution is -0.154. The van der Waals surface area contributed by atoms with Gasteiger partial charge in [-0.25, -0.2) is 0 Å². The van der Waals surface area contributed by atoms with E-state index in [2.05, 4.69) is 11.7 Å². The van der Waals surface area contributed by atoms with Crippen LogP contribution < -0.4 is 0 Å². The first-order valence-electron chi connectivity index (χ1n) is 10.8. The smallest absolute Gasteiger partial charge is 0.311 e. The molecule has 4 heteroatoms. The van der Waals surface area contributed by atoms with Gasteiger partial charge >= 0.3 is 5.97 Å². The van der Waals surface area contributed by atoms with Gasteiger partial charge in [0.25, 0.3) is 6.47 Å². The van der Waals surface area contributed by atoms with Crippen molar-refractivity contribution in [1.82, 2.24) is 0 Å². The molecule has 0 radical (unpaired) electrons. The van der Waals surface area contributed by atoms with Gasteiger partial charge in [0.05, 0.1) is 18.6 Å². The van der Waals surface area contributed by atoms with E-state index in [-0.39, 0.29) is 5.97 Å². The Labute approximate surface area is 161 Å². The first-order chi connectivity index (χ1) is 12.5. The number of carbonyl (C=O) groups excluding carboxylic acids is 2. The summed E-state index contributed by atoms with van der Waals surface area (Å²) in [5.41, 5.74) is -0.404. The molecule has 154 valence electrons. The molecule has 26 heavy (non-hydrogen) atoms. The zero-order valence-electron chi connectivity index (χ0n) is 17.5. The fraction of sp³-hybridized carbons (Fsp3) is 0.909. The molecule has 0 fully saturated rings. The highest BCUT2D eigenvalue weighted by atomic mass is 16.5. The lowest BCUT2D eigenvalue weighted by Gasteiger charge is -2.22. The predicted molar refractivity (Wildman–Crippen MR) is 107 cm³/mol. The molecule has 0 aliphatic heterocycles. The molecule has 0 aliphatic carbocycles. The van der Waals surface area contributed by atoms with Crippen molar-refractivity contribution >= 4 is 12.4 Å². The predicted octanol–water partition coefficient (Wildman–Crippen LogP) is 6.21. The van der Waals surface area contributed by atoms with E-state index in [9.17, 15) is 9.59 Å². The van der Waals surface area contributed by atoms with Crippen LogP contribution in [-0.2, 0) is 19.1 Å². The van der Waals surface area contributed by atoms with Gasteiger partial charge in [-0.15, -0.1) is 0 Å². The maximum absolute atomic E-state index is 12.2. The molecule has 0 heterocycles. The molecule has 0 unspecified atom stereocenters. The van der Waals surface area contributed by atoms with Crippen molar-refractivity contribution in [2.24, 2.45) is 5.41 Å². The Morgan fingerprint density at radius 3 is 1.85 bits per heavy atom. The molecule has 0 saturated heterocycles. The van der Waals surface area contributed by atoms with Crippen LogP contribution in [0.3, 0.4) is 0 Å². The molecule has 0 aromatic heterocycles. The zero-order valence-corrected chi connectivity index (χ0v) is 17.5. The Kier molecular flexibility index (Phi) is 16.7. The van der Waals surface area contributed by atoms with Crippen LogP contribution in [0.25, 0.3) is 0 Å². The summed E-state index contributed by atoms with van der Waals surface area (Å²) in [5.74, 6) is -0.0682. The number of ether oxygens (including phenoxy) is 2. The van der Waals surface area contributed by atoms with Gasteiger partial charge < -0.3 is 9.47 Å². The third kappa shape index (κ3) is 15.2. The Morgan fingerprint density at radius 1 is 0.769 bits per heavy atom. The summed E-state index contributed by atoms with van der Waals surface area (Å²) in [6, 6.07) is 0. The first kappa shape index (κ1) is 24.9. The van der Waals surface area contributed by atoms with Crippen molar-refractivity contribution in [3.8, 4) is 0 Å². The fourth-order valence-electron chi connectivity index (χ4n) is 3.03. The van der Waals surface area contributed by atoms with Crippen LogP contribution in [0.15, 0.2) is 0 Å². The van der Waals surface area contributed by atoms with E-state index < -0.39 is 5.41 Å². The lowest BCUT2D eigenvalue weighted by atomic mass is 9.87. The maximum Gasteiger partial charge on any atom is 0.311 e. The van der Waals surface area contributed by atoms with Crippen LogP contribution in [-0.4, -0.2) is 25.7 Å². The molecule has 0 bridgehead atoms. The lowest BCUT2D eigenvalue weighted by Crippen LogP contribution is -2.27. The molecule has 0 aromatic carbocycles. The van der Waals surface area contributed by atoms with Gasteiger partial charge in [-0.2, -0.15) is 0 Å². The largest absolute Gasteiger partial charge is 0.468 e. The minimum atomic E-state index is -0.404. The van der Waals surface area contributed by atoms with Gasteiger partial charge in [-0.1, -0.05) is 77.6 Å².